The molecule has 1 rings (SSSR count). The van der Waals surface area contributed by atoms with Gasteiger partial charge in [-0.25, -0.2) is 0 Å². The summed E-state index contributed by atoms with van der Waals surface area (Å²) in [6.07, 6.45) is 2.56. The normalized spacial score (nSPS) is 19.0. The van der Waals surface area contributed by atoms with Gasteiger partial charge in [-0.3, -0.25) is 14.7 Å². The molecule has 1 amide bonds. The maximum atomic E-state index is 11.9. The van der Waals surface area contributed by atoms with Gasteiger partial charge >= 0.3 is 0 Å². The number of carbonyl (C=O) groups is 1. The Morgan fingerprint density at radius 3 is 2.28 bits per heavy atom. The summed E-state index contributed by atoms with van der Waals surface area (Å²) >= 11 is 0. The third kappa shape index (κ3) is 8.56. The van der Waals surface area contributed by atoms with Crippen LogP contribution in [0.2, 0.25) is 0 Å². The summed E-state index contributed by atoms with van der Waals surface area (Å²) in [5.74, 6) is 2.07. The molecule has 6 heteroatoms. The van der Waals surface area contributed by atoms with Gasteiger partial charge in [-0.2, -0.15) is 0 Å². The van der Waals surface area contributed by atoms with Crippen LogP contribution in [0.25, 0.3) is 0 Å². The molecular weight excluding hydrogens is 314 g/mol. The number of nitrogens with zero attached hydrogens (tertiary/aromatic N) is 2. The maximum Gasteiger partial charge on any atom is 0.239 e. The summed E-state index contributed by atoms with van der Waals surface area (Å²) in [4.78, 5) is 18.8. The van der Waals surface area contributed by atoms with Crippen molar-refractivity contribution in [3.63, 3.8) is 0 Å². The lowest BCUT2D eigenvalue weighted by Gasteiger charge is -2.39. The largest absolute Gasteiger partial charge is 0.355 e. The van der Waals surface area contributed by atoms with Crippen LogP contribution in [0.3, 0.4) is 0 Å². The molecule has 0 aromatic rings. The van der Waals surface area contributed by atoms with Crippen molar-refractivity contribution in [3.8, 4) is 0 Å². The van der Waals surface area contributed by atoms with E-state index >= 15 is 0 Å². The zero-order chi connectivity index (χ0) is 19.0. The van der Waals surface area contributed by atoms with Gasteiger partial charge in [0, 0.05) is 25.2 Å². The Kier molecular flexibility index (Phi) is 8.69. The van der Waals surface area contributed by atoms with Gasteiger partial charge < -0.3 is 16.0 Å². The van der Waals surface area contributed by atoms with Crippen LogP contribution >= 0.6 is 0 Å². The van der Waals surface area contributed by atoms with E-state index in [1.54, 1.807) is 7.05 Å². The van der Waals surface area contributed by atoms with Crippen molar-refractivity contribution in [2.75, 3.05) is 33.2 Å². The van der Waals surface area contributed by atoms with Gasteiger partial charge in [-0.1, -0.05) is 20.8 Å². The Morgan fingerprint density at radius 2 is 1.80 bits per heavy atom. The molecule has 1 saturated heterocycles. The van der Waals surface area contributed by atoms with Crippen molar-refractivity contribution in [2.45, 2.75) is 66.0 Å². The first kappa shape index (κ1) is 21.7. The number of piperidine rings is 1. The number of hydrogen-bond donors (Lipinski definition) is 3. The Morgan fingerprint density at radius 1 is 1.20 bits per heavy atom. The van der Waals surface area contributed by atoms with Crippen molar-refractivity contribution < 1.29 is 4.79 Å². The van der Waals surface area contributed by atoms with E-state index in [1.165, 1.54) is 25.9 Å². The van der Waals surface area contributed by atoms with E-state index in [1.807, 2.05) is 20.8 Å². The van der Waals surface area contributed by atoms with Crippen molar-refractivity contribution in [2.24, 2.45) is 16.8 Å². The van der Waals surface area contributed by atoms with Crippen LogP contribution in [0.1, 0.15) is 54.4 Å². The van der Waals surface area contributed by atoms with Crippen molar-refractivity contribution in [1.82, 2.24) is 20.9 Å². The van der Waals surface area contributed by atoms with Gasteiger partial charge in [0.15, 0.2) is 5.96 Å². The molecule has 1 fully saturated rings. The second kappa shape index (κ2) is 10.00. The molecule has 0 radical (unpaired) electrons. The molecule has 0 aliphatic carbocycles. The molecule has 0 saturated carbocycles. The molecule has 3 N–H and O–H groups in total. The Bertz CT molecular complexity index is 434. The van der Waals surface area contributed by atoms with Crippen LogP contribution in [0.5, 0.6) is 0 Å². The summed E-state index contributed by atoms with van der Waals surface area (Å²) in [6, 6.07) is 0.481. The first-order valence-electron chi connectivity index (χ1n) is 9.62. The lowest BCUT2D eigenvalue weighted by Crippen LogP contribution is -2.53. The fourth-order valence-electron chi connectivity index (χ4n) is 3.19. The highest BCUT2D eigenvalue weighted by atomic mass is 16.2. The Labute approximate surface area is 154 Å². The Balaban J connectivity index is 2.46. The number of amides is 1. The number of aliphatic imine (C=N–C) groups is 1. The minimum Gasteiger partial charge on any atom is -0.355 e. The number of guanidine groups is 1. The summed E-state index contributed by atoms with van der Waals surface area (Å²) in [6.45, 7) is 16.2. The van der Waals surface area contributed by atoms with Crippen LogP contribution in [-0.2, 0) is 4.79 Å². The molecule has 25 heavy (non-hydrogen) atoms. The summed E-state index contributed by atoms with van der Waals surface area (Å²) < 4.78 is 0. The molecule has 6 nitrogen and oxygen atoms in total. The highest BCUT2D eigenvalue weighted by molar-refractivity contribution is 5.86. The molecule has 1 unspecified atom stereocenters. The van der Waals surface area contributed by atoms with Gasteiger partial charge in [-0.15, -0.1) is 0 Å². The lowest BCUT2D eigenvalue weighted by atomic mass is 9.94. The zero-order valence-electron chi connectivity index (χ0n) is 17.3. The molecule has 1 aliphatic rings. The fraction of sp³-hybridized carbons (Fsp3) is 0.895. The zero-order valence-corrected chi connectivity index (χ0v) is 17.3. The number of likely N-dealkylation sites (tertiary alicyclic amines) is 1. The van der Waals surface area contributed by atoms with E-state index in [4.69, 9.17) is 0 Å². The van der Waals surface area contributed by atoms with Gasteiger partial charge in [0.2, 0.25) is 5.91 Å². The molecular formula is C19H39N5O. The minimum absolute atomic E-state index is 0.0270. The molecule has 0 aromatic carbocycles. The summed E-state index contributed by atoms with van der Waals surface area (Å²) in [5, 5.41) is 9.44. The minimum atomic E-state index is -0.218. The second-order valence-corrected chi connectivity index (χ2v) is 8.63. The standard InChI is InChI=1S/C19H39N5O/c1-14(2)16(24-10-8-15(3)9-11-24)12-21-18(20-7)22-13-17(25)23-19(4,5)6/h14-16H,8-13H2,1-7H3,(H,23,25)(H2,20,21,22). The summed E-state index contributed by atoms with van der Waals surface area (Å²) in [7, 11) is 1.74. The molecule has 0 aromatic heterocycles. The van der Waals surface area contributed by atoms with E-state index in [0.717, 1.165) is 12.5 Å². The monoisotopic (exact) mass is 353 g/mol. The molecule has 1 heterocycles. The highest BCUT2D eigenvalue weighted by Gasteiger charge is 2.25. The average molecular weight is 354 g/mol. The first-order chi connectivity index (χ1) is 11.6. The van der Waals surface area contributed by atoms with E-state index < -0.39 is 0 Å². The van der Waals surface area contributed by atoms with Gasteiger partial charge in [0.25, 0.3) is 0 Å². The predicted octanol–water partition coefficient (Wildman–Crippen LogP) is 1.82. The number of nitrogens with one attached hydrogen (secondary N) is 3. The molecule has 1 aliphatic heterocycles. The molecule has 146 valence electrons. The number of carbonyl (C=O) groups excluding carboxylic acids is 1. The number of rotatable bonds is 6. The van der Waals surface area contributed by atoms with E-state index in [0.29, 0.717) is 17.9 Å². The topological polar surface area (TPSA) is 68.8 Å². The number of hydrogen-bond acceptors (Lipinski definition) is 3. The molecule has 1 atom stereocenters. The summed E-state index contributed by atoms with van der Waals surface area (Å²) in [5.41, 5.74) is -0.218. The van der Waals surface area contributed by atoms with Crippen molar-refractivity contribution in [3.05, 3.63) is 0 Å². The van der Waals surface area contributed by atoms with Gasteiger partial charge in [-0.05, 0) is 58.5 Å². The van der Waals surface area contributed by atoms with Crippen molar-refractivity contribution in [1.29, 1.82) is 0 Å². The third-order valence-corrected chi connectivity index (χ3v) is 4.69. The van der Waals surface area contributed by atoms with Gasteiger partial charge in [0.05, 0.1) is 6.54 Å². The van der Waals surface area contributed by atoms with Crippen LogP contribution in [0, 0.1) is 11.8 Å². The smallest absolute Gasteiger partial charge is 0.239 e. The van der Waals surface area contributed by atoms with Crippen LogP contribution < -0.4 is 16.0 Å². The van der Waals surface area contributed by atoms with E-state index in [-0.39, 0.29) is 18.0 Å². The Hall–Kier alpha value is -1.30. The third-order valence-electron chi connectivity index (χ3n) is 4.69. The SMILES string of the molecule is CN=C(NCC(=O)NC(C)(C)C)NCC(C(C)C)N1CCC(C)CC1. The van der Waals surface area contributed by atoms with Crippen LogP contribution in [0.4, 0.5) is 0 Å². The van der Waals surface area contributed by atoms with E-state index in [9.17, 15) is 4.79 Å². The highest BCUT2D eigenvalue weighted by Crippen LogP contribution is 2.20. The predicted molar refractivity (Wildman–Crippen MR) is 106 cm³/mol. The molecule has 0 bridgehead atoms. The average Bonchev–Trinajstić information content (AvgIpc) is 2.50. The van der Waals surface area contributed by atoms with E-state index in [2.05, 4.69) is 46.6 Å². The quantitative estimate of drug-likeness (QED) is 0.503. The van der Waals surface area contributed by atoms with Crippen LogP contribution in [-0.4, -0.2) is 61.6 Å². The second-order valence-electron chi connectivity index (χ2n) is 8.63. The molecule has 0 spiro atoms. The van der Waals surface area contributed by atoms with Gasteiger partial charge in [0.1, 0.15) is 0 Å². The maximum absolute atomic E-state index is 11.9. The van der Waals surface area contributed by atoms with Crippen molar-refractivity contribution >= 4 is 11.9 Å². The first-order valence-corrected chi connectivity index (χ1v) is 9.62. The lowest BCUT2D eigenvalue weighted by molar-refractivity contribution is -0.121. The van der Waals surface area contributed by atoms with Crippen LogP contribution in [0.15, 0.2) is 4.99 Å². The fourth-order valence-corrected chi connectivity index (χ4v) is 3.19.